The second-order valence-electron chi connectivity index (χ2n) is 6.21. The van der Waals surface area contributed by atoms with E-state index in [-0.39, 0.29) is 29.7 Å². The lowest BCUT2D eigenvalue weighted by Crippen LogP contribution is -2.20. The molecule has 0 bridgehead atoms. The monoisotopic (exact) mass is 324 g/mol. The minimum Gasteiger partial charge on any atom is -0.508 e. The first kappa shape index (κ1) is 14.9. The van der Waals surface area contributed by atoms with Crippen LogP contribution in [0.4, 0.5) is 4.39 Å². The molecule has 0 amide bonds. The average Bonchev–Trinajstić information content (AvgIpc) is 3.39. The highest BCUT2D eigenvalue weighted by Gasteiger charge is 2.27. The van der Waals surface area contributed by atoms with E-state index in [1.165, 1.54) is 24.3 Å². The van der Waals surface area contributed by atoms with Crippen LogP contribution >= 0.6 is 0 Å². The van der Waals surface area contributed by atoms with E-state index < -0.39 is 0 Å². The minimum atomic E-state index is -0.371. The highest BCUT2D eigenvalue weighted by molar-refractivity contribution is 5.88. The molecule has 3 N–H and O–H groups in total. The lowest BCUT2D eigenvalue weighted by molar-refractivity contribution is 0.475. The Labute approximate surface area is 138 Å². The number of phenolic OH excluding ortho intramolecular Hbond substituents is 1. The van der Waals surface area contributed by atoms with Crippen LogP contribution < -0.4 is 11.3 Å². The van der Waals surface area contributed by atoms with Crippen LogP contribution in [0, 0.1) is 5.82 Å². The summed E-state index contributed by atoms with van der Waals surface area (Å²) in [6, 6.07) is 11.2. The number of benzene rings is 2. The summed E-state index contributed by atoms with van der Waals surface area (Å²) in [6.07, 6.45) is 1.92. The van der Waals surface area contributed by atoms with E-state index in [2.05, 4.69) is 0 Å². The van der Waals surface area contributed by atoms with Crippen LogP contribution in [0.25, 0.3) is 22.0 Å². The molecule has 1 heterocycles. The third-order valence-corrected chi connectivity index (χ3v) is 4.54. The Bertz CT molecular complexity index is 989. The van der Waals surface area contributed by atoms with Gasteiger partial charge in [-0.15, -0.1) is 0 Å². The molecule has 1 aromatic heterocycles. The zero-order valence-electron chi connectivity index (χ0n) is 13.0. The molecule has 1 saturated carbocycles. The number of aromatic hydroxyl groups is 1. The van der Waals surface area contributed by atoms with Crippen molar-refractivity contribution in [3.63, 3.8) is 0 Å². The number of rotatable bonds is 3. The quantitative estimate of drug-likeness (QED) is 0.776. The van der Waals surface area contributed by atoms with Crippen molar-refractivity contribution in [3.05, 3.63) is 64.2 Å². The van der Waals surface area contributed by atoms with Gasteiger partial charge in [-0.2, -0.15) is 0 Å². The second-order valence-corrected chi connectivity index (χ2v) is 6.21. The van der Waals surface area contributed by atoms with Gasteiger partial charge in [0.1, 0.15) is 11.6 Å². The summed E-state index contributed by atoms with van der Waals surface area (Å²) in [6.45, 7) is 0.190. The Morgan fingerprint density at radius 3 is 2.50 bits per heavy atom. The van der Waals surface area contributed by atoms with E-state index in [9.17, 15) is 14.3 Å². The van der Waals surface area contributed by atoms with Gasteiger partial charge in [0.05, 0.1) is 5.52 Å². The first-order chi connectivity index (χ1) is 11.6. The summed E-state index contributed by atoms with van der Waals surface area (Å²) in [5, 5.41) is 10.1. The van der Waals surface area contributed by atoms with Gasteiger partial charge in [0.2, 0.25) is 0 Å². The summed E-state index contributed by atoms with van der Waals surface area (Å²) < 4.78 is 16.4. The number of phenols is 1. The molecule has 0 spiro atoms. The summed E-state index contributed by atoms with van der Waals surface area (Å²) in [5.41, 5.74) is 8.09. The molecule has 4 rings (SSSR count). The highest BCUT2D eigenvalue weighted by Crippen LogP contribution is 2.38. The van der Waals surface area contributed by atoms with Gasteiger partial charge in [-0.25, -0.2) is 4.39 Å². The number of nitrogens with two attached hydrogens (primary N) is 1. The molecule has 5 heteroatoms. The van der Waals surface area contributed by atoms with Crippen LogP contribution in [0.5, 0.6) is 5.75 Å². The molecule has 0 atom stereocenters. The largest absolute Gasteiger partial charge is 0.508 e. The van der Waals surface area contributed by atoms with Crippen LogP contribution in [0.1, 0.15) is 24.4 Å². The van der Waals surface area contributed by atoms with E-state index in [0.29, 0.717) is 22.1 Å². The number of hydrogen-bond acceptors (Lipinski definition) is 3. The van der Waals surface area contributed by atoms with E-state index >= 15 is 0 Å². The van der Waals surface area contributed by atoms with Crippen molar-refractivity contribution in [1.29, 1.82) is 0 Å². The molecule has 24 heavy (non-hydrogen) atoms. The number of pyridine rings is 1. The highest BCUT2D eigenvalue weighted by atomic mass is 19.1. The van der Waals surface area contributed by atoms with E-state index in [1.54, 1.807) is 22.8 Å². The first-order valence-electron chi connectivity index (χ1n) is 7.95. The van der Waals surface area contributed by atoms with Gasteiger partial charge in [0, 0.05) is 29.6 Å². The van der Waals surface area contributed by atoms with E-state index in [1.807, 2.05) is 0 Å². The standard InChI is InChI=1S/C19H17FN2O2/c20-17-8-16-12(10-21)7-19(24)22(13-3-4-13)18(16)9-15(17)11-1-5-14(23)6-2-11/h1-2,5-9,13,23H,3-4,10,21H2. The van der Waals surface area contributed by atoms with Crippen molar-refractivity contribution in [2.45, 2.75) is 25.4 Å². The number of aromatic nitrogens is 1. The van der Waals surface area contributed by atoms with Crippen LogP contribution in [0.3, 0.4) is 0 Å². The van der Waals surface area contributed by atoms with Gasteiger partial charge in [-0.3, -0.25) is 4.79 Å². The van der Waals surface area contributed by atoms with Crippen molar-refractivity contribution < 1.29 is 9.50 Å². The van der Waals surface area contributed by atoms with Crippen LogP contribution in [-0.2, 0) is 6.54 Å². The van der Waals surface area contributed by atoms with Gasteiger partial charge in [0.25, 0.3) is 5.56 Å². The average molecular weight is 324 g/mol. The van der Waals surface area contributed by atoms with E-state index in [0.717, 1.165) is 18.4 Å². The molecule has 1 aliphatic carbocycles. The smallest absolute Gasteiger partial charge is 0.251 e. The Morgan fingerprint density at radius 1 is 1.17 bits per heavy atom. The molecule has 0 aliphatic heterocycles. The van der Waals surface area contributed by atoms with Crippen molar-refractivity contribution in [1.82, 2.24) is 4.57 Å². The van der Waals surface area contributed by atoms with Crippen LogP contribution in [0.15, 0.2) is 47.3 Å². The summed E-state index contributed by atoms with van der Waals surface area (Å²) in [7, 11) is 0. The van der Waals surface area contributed by atoms with Crippen molar-refractivity contribution in [3.8, 4) is 16.9 Å². The molecule has 3 aromatic rings. The maximum atomic E-state index is 14.7. The number of nitrogens with zero attached hydrogens (tertiary/aromatic N) is 1. The molecule has 0 radical (unpaired) electrons. The van der Waals surface area contributed by atoms with Crippen LogP contribution in [-0.4, -0.2) is 9.67 Å². The molecular weight excluding hydrogens is 307 g/mol. The Kier molecular flexibility index (Phi) is 3.39. The fourth-order valence-corrected chi connectivity index (χ4v) is 3.17. The maximum Gasteiger partial charge on any atom is 0.251 e. The minimum absolute atomic E-state index is 0.0892. The third-order valence-electron chi connectivity index (χ3n) is 4.54. The second kappa shape index (κ2) is 5.46. The number of fused-ring (bicyclic) bond motifs is 1. The zero-order valence-corrected chi connectivity index (χ0v) is 13.0. The summed E-state index contributed by atoms with van der Waals surface area (Å²) in [5.74, 6) is -0.246. The lowest BCUT2D eigenvalue weighted by Gasteiger charge is -2.14. The topological polar surface area (TPSA) is 68.2 Å². The molecule has 122 valence electrons. The van der Waals surface area contributed by atoms with Gasteiger partial charge in [-0.05, 0) is 48.2 Å². The van der Waals surface area contributed by atoms with Gasteiger partial charge in [-0.1, -0.05) is 12.1 Å². The molecule has 0 unspecified atom stereocenters. The normalized spacial score (nSPS) is 14.2. The number of halogens is 1. The fourth-order valence-electron chi connectivity index (χ4n) is 3.17. The van der Waals surface area contributed by atoms with Gasteiger partial charge >= 0.3 is 0 Å². The first-order valence-corrected chi connectivity index (χ1v) is 7.95. The molecule has 2 aromatic carbocycles. The summed E-state index contributed by atoms with van der Waals surface area (Å²) >= 11 is 0. The lowest BCUT2D eigenvalue weighted by atomic mass is 10.00. The van der Waals surface area contributed by atoms with Gasteiger partial charge in [0.15, 0.2) is 0 Å². The van der Waals surface area contributed by atoms with Crippen molar-refractivity contribution in [2.75, 3.05) is 0 Å². The van der Waals surface area contributed by atoms with Crippen molar-refractivity contribution in [2.24, 2.45) is 5.73 Å². The Balaban J connectivity index is 2.03. The molecule has 1 fully saturated rings. The molecular formula is C19H17FN2O2. The zero-order chi connectivity index (χ0) is 16.8. The third kappa shape index (κ3) is 2.37. The molecule has 4 nitrogen and oxygen atoms in total. The predicted octanol–water partition coefficient (Wildman–Crippen LogP) is 3.31. The van der Waals surface area contributed by atoms with Crippen LogP contribution in [0.2, 0.25) is 0 Å². The van der Waals surface area contributed by atoms with Gasteiger partial charge < -0.3 is 15.4 Å². The molecule has 1 aliphatic rings. The Hall–Kier alpha value is -2.66. The molecule has 0 saturated heterocycles. The summed E-state index contributed by atoms with van der Waals surface area (Å²) in [4.78, 5) is 12.5. The van der Waals surface area contributed by atoms with E-state index in [4.69, 9.17) is 5.73 Å². The SMILES string of the molecule is NCc1cc(=O)n(C2CC2)c2cc(-c3ccc(O)cc3)c(F)cc12. The Morgan fingerprint density at radius 2 is 1.88 bits per heavy atom. The number of hydrogen-bond donors (Lipinski definition) is 2. The fraction of sp³-hybridized carbons (Fsp3) is 0.211. The van der Waals surface area contributed by atoms with Crippen molar-refractivity contribution >= 4 is 10.9 Å². The maximum absolute atomic E-state index is 14.7. The predicted molar refractivity (Wildman–Crippen MR) is 91.4 cm³/mol.